The summed E-state index contributed by atoms with van der Waals surface area (Å²) < 4.78 is 1.92. The van der Waals surface area contributed by atoms with Gasteiger partial charge in [0.25, 0.3) is 5.91 Å². The molecule has 9 heteroatoms. The summed E-state index contributed by atoms with van der Waals surface area (Å²) in [7, 11) is 0. The van der Waals surface area contributed by atoms with E-state index in [4.69, 9.17) is 11.6 Å². The van der Waals surface area contributed by atoms with E-state index in [1.165, 1.54) is 11.8 Å². The third-order valence-electron chi connectivity index (χ3n) is 4.51. The molecule has 2 aromatic carbocycles. The predicted molar refractivity (Wildman–Crippen MR) is 127 cm³/mol. The summed E-state index contributed by atoms with van der Waals surface area (Å²) >= 11 is 7.32. The number of amides is 1. The molecule has 0 spiro atoms. The van der Waals surface area contributed by atoms with Crippen LogP contribution in [-0.4, -0.2) is 37.1 Å². The lowest BCUT2D eigenvalue weighted by Gasteiger charge is -2.10. The molecule has 4 aromatic rings. The number of thioether (sulfide) groups is 1. The summed E-state index contributed by atoms with van der Waals surface area (Å²) in [5.74, 6) is 0.560. The van der Waals surface area contributed by atoms with Gasteiger partial charge in [-0.05, 0) is 49.4 Å². The number of aromatic nitrogens is 4. The van der Waals surface area contributed by atoms with E-state index in [1.807, 2.05) is 78.2 Å². The van der Waals surface area contributed by atoms with Crippen LogP contribution in [0, 0.1) is 0 Å². The van der Waals surface area contributed by atoms with E-state index in [-0.39, 0.29) is 11.7 Å². The standard InChI is InChI=1S/C23H19ClN6OS/c1-16(18-6-5-13-25-14-18)26-27-21(31)15-32-23-29-28-22(17-9-11-19(24)12-10-17)30(23)20-7-3-2-4-8-20/h2-14H,15H2,1H3,(H,27,31)/b26-16-. The second-order valence-corrected chi connectivity index (χ2v) is 8.13. The van der Waals surface area contributed by atoms with Crippen molar-refractivity contribution in [2.24, 2.45) is 5.10 Å². The van der Waals surface area contributed by atoms with Gasteiger partial charge in [0.2, 0.25) is 0 Å². The molecule has 0 aliphatic rings. The molecule has 0 unspecified atom stereocenters. The topological polar surface area (TPSA) is 85.1 Å². The molecule has 2 aromatic heterocycles. The summed E-state index contributed by atoms with van der Waals surface area (Å²) in [6.45, 7) is 1.81. The van der Waals surface area contributed by atoms with Crippen LogP contribution in [-0.2, 0) is 4.79 Å². The molecule has 0 saturated heterocycles. The Labute approximate surface area is 194 Å². The van der Waals surface area contributed by atoms with Crippen molar-refractivity contribution in [2.45, 2.75) is 12.1 Å². The van der Waals surface area contributed by atoms with Crippen LogP contribution in [0.2, 0.25) is 5.02 Å². The van der Waals surface area contributed by atoms with Crippen LogP contribution in [0.25, 0.3) is 17.1 Å². The molecule has 0 radical (unpaired) electrons. The molecule has 0 bridgehead atoms. The molecule has 160 valence electrons. The van der Waals surface area contributed by atoms with Crippen molar-refractivity contribution in [3.8, 4) is 17.1 Å². The highest BCUT2D eigenvalue weighted by Gasteiger charge is 2.17. The molecule has 0 fully saturated rings. The Morgan fingerprint density at radius 2 is 1.84 bits per heavy atom. The van der Waals surface area contributed by atoms with Crippen LogP contribution in [0.5, 0.6) is 0 Å². The Morgan fingerprint density at radius 3 is 2.56 bits per heavy atom. The van der Waals surface area contributed by atoms with Gasteiger partial charge in [0.15, 0.2) is 11.0 Å². The SMILES string of the molecule is C/C(=N/NC(=O)CSc1nnc(-c2ccc(Cl)cc2)n1-c1ccccc1)c1cccnc1. The molecular formula is C23H19ClN6OS. The van der Waals surface area contributed by atoms with Crippen LogP contribution >= 0.6 is 23.4 Å². The number of para-hydroxylation sites is 1. The van der Waals surface area contributed by atoms with Crippen molar-refractivity contribution >= 4 is 35.0 Å². The largest absolute Gasteiger partial charge is 0.272 e. The van der Waals surface area contributed by atoms with Crippen LogP contribution in [0.4, 0.5) is 0 Å². The fourth-order valence-corrected chi connectivity index (χ4v) is 3.78. The zero-order valence-electron chi connectivity index (χ0n) is 17.1. The Morgan fingerprint density at radius 1 is 1.06 bits per heavy atom. The second kappa shape index (κ2) is 10.2. The molecule has 4 rings (SSSR count). The van der Waals surface area contributed by atoms with E-state index in [1.54, 1.807) is 12.4 Å². The normalized spacial score (nSPS) is 11.4. The Kier molecular flexibility index (Phi) is 6.94. The fraction of sp³-hybridized carbons (Fsp3) is 0.0870. The van der Waals surface area contributed by atoms with Gasteiger partial charge in [0.1, 0.15) is 0 Å². The Balaban J connectivity index is 1.52. The number of carbonyl (C=O) groups excluding carboxylic acids is 1. The van der Waals surface area contributed by atoms with E-state index in [0.29, 0.717) is 21.7 Å². The van der Waals surface area contributed by atoms with Gasteiger partial charge >= 0.3 is 0 Å². The number of nitrogens with zero attached hydrogens (tertiary/aromatic N) is 5. The van der Waals surface area contributed by atoms with Gasteiger partial charge in [-0.25, -0.2) is 5.43 Å². The summed E-state index contributed by atoms with van der Waals surface area (Å²) in [6.07, 6.45) is 3.38. The lowest BCUT2D eigenvalue weighted by molar-refractivity contribution is -0.118. The molecule has 1 amide bonds. The molecule has 1 N–H and O–H groups in total. The summed E-state index contributed by atoms with van der Waals surface area (Å²) in [5, 5.41) is 14.1. The first-order chi connectivity index (χ1) is 15.6. The molecule has 32 heavy (non-hydrogen) atoms. The number of carbonyl (C=O) groups is 1. The maximum Gasteiger partial charge on any atom is 0.250 e. The smallest absolute Gasteiger partial charge is 0.250 e. The summed E-state index contributed by atoms with van der Waals surface area (Å²) in [5.41, 5.74) is 5.88. The van der Waals surface area contributed by atoms with Gasteiger partial charge in [0, 0.05) is 34.2 Å². The molecule has 0 atom stereocenters. The van der Waals surface area contributed by atoms with E-state index < -0.39 is 0 Å². The lowest BCUT2D eigenvalue weighted by Crippen LogP contribution is -2.21. The highest BCUT2D eigenvalue weighted by atomic mass is 35.5. The number of halogens is 1. The van der Waals surface area contributed by atoms with Gasteiger partial charge < -0.3 is 0 Å². The van der Waals surface area contributed by atoms with Crippen molar-refractivity contribution in [3.63, 3.8) is 0 Å². The first-order valence-corrected chi connectivity index (χ1v) is 11.1. The van der Waals surface area contributed by atoms with E-state index in [0.717, 1.165) is 16.8 Å². The minimum absolute atomic E-state index is 0.134. The molecule has 0 saturated carbocycles. The molecule has 0 aliphatic carbocycles. The zero-order valence-corrected chi connectivity index (χ0v) is 18.7. The van der Waals surface area contributed by atoms with Gasteiger partial charge in [0.05, 0.1) is 11.5 Å². The average molecular weight is 463 g/mol. The van der Waals surface area contributed by atoms with Crippen molar-refractivity contribution in [1.29, 1.82) is 0 Å². The van der Waals surface area contributed by atoms with Crippen molar-refractivity contribution in [3.05, 3.63) is 89.7 Å². The summed E-state index contributed by atoms with van der Waals surface area (Å²) in [6, 6.07) is 20.9. The summed E-state index contributed by atoms with van der Waals surface area (Å²) in [4.78, 5) is 16.4. The number of hydrazone groups is 1. The van der Waals surface area contributed by atoms with E-state index >= 15 is 0 Å². The number of rotatable bonds is 7. The van der Waals surface area contributed by atoms with Gasteiger partial charge in [-0.1, -0.05) is 47.6 Å². The van der Waals surface area contributed by atoms with Gasteiger partial charge in [-0.2, -0.15) is 5.10 Å². The number of hydrogen-bond donors (Lipinski definition) is 1. The number of hydrogen-bond acceptors (Lipinski definition) is 6. The van der Waals surface area contributed by atoms with E-state index in [2.05, 4.69) is 25.7 Å². The van der Waals surface area contributed by atoms with Crippen LogP contribution < -0.4 is 5.43 Å². The van der Waals surface area contributed by atoms with Crippen molar-refractivity contribution in [2.75, 3.05) is 5.75 Å². The van der Waals surface area contributed by atoms with E-state index in [9.17, 15) is 4.79 Å². The van der Waals surface area contributed by atoms with Gasteiger partial charge in [-0.3, -0.25) is 14.3 Å². The molecule has 7 nitrogen and oxygen atoms in total. The Hall–Kier alpha value is -3.49. The Bertz CT molecular complexity index is 1230. The molecule has 2 heterocycles. The maximum atomic E-state index is 12.4. The minimum atomic E-state index is -0.242. The number of nitrogens with one attached hydrogen (secondary N) is 1. The first kappa shape index (κ1) is 21.7. The van der Waals surface area contributed by atoms with Gasteiger partial charge in [-0.15, -0.1) is 10.2 Å². The number of pyridine rings is 1. The molecular weight excluding hydrogens is 444 g/mol. The monoisotopic (exact) mass is 462 g/mol. The third kappa shape index (κ3) is 5.22. The third-order valence-corrected chi connectivity index (χ3v) is 5.69. The predicted octanol–water partition coefficient (Wildman–Crippen LogP) is 4.62. The maximum absolute atomic E-state index is 12.4. The average Bonchev–Trinajstić information content (AvgIpc) is 3.26. The zero-order chi connectivity index (χ0) is 22.3. The first-order valence-electron chi connectivity index (χ1n) is 9.75. The second-order valence-electron chi connectivity index (χ2n) is 6.75. The van der Waals surface area contributed by atoms with Crippen LogP contribution in [0.1, 0.15) is 12.5 Å². The number of benzene rings is 2. The highest BCUT2D eigenvalue weighted by molar-refractivity contribution is 7.99. The highest BCUT2D eigenvalue weighted by Crippen LogP contribution is 2.28. The fourth-order valence-electron chi connectivity index (χ4n) is 2.91. The quantitative estimate of drug-likeness (QED) is 0.246. The van der Waals surface area contributed by atoms with Crippen LogP contribution in [0.15, 0.2) is 89.4 Å². The lowest BCUT2D eigenvalue weighted by atomic mass is 10.2. The minimum Gasteiger partial charge on any atom is -0.272 e. The van der Waals surface area contributed by atoms with Crippen molar-refractivity contribution in [1.82, 2.24) is 25.2 Å². The van der Waals surface area contributed by atoms with Crippen molar-refractivity contribution < 1.29 is 4.79 Å². The molecule has 0 aliphatic heterocycles. The van der Waals surface area contributed by atoms with Crippen LogP contribution in [0.3, 0.4) is 0 Å².